The highest BCUT2D eigenvalue weighted by Crippen LogP contribution is 2.45. The standard InChI is InChI=1S/C13H9NO2S/c15-13(16)8-4-3-7-11-12(8)14-9-5-1-2-6-10(9)17-11/h1-7,14H,(H,15,16). The number of fused-ring (bicyclic) bond motifs is 2. The molecule has 1 aliphatic heterocycles. The molecule has 84 valence electrons. The molecule has 3 rings (SSSR count). The molecular formula is C13H9NO2S. The van der Waals surface area contributed by atoms with Crippen LogP contribution in [0.4, 0.5) is 11.4 Å². The Kier molecular flexibility index (Phi) is 2.30. The zero-order valence-electron chi connectivity index (χ0n) is 8.81. The van der Waals surface area contributed by atoms with Crippen LogP contribution >= 0.6 is 11.8 Å². The van der Waals surface area contributed by atoms with Crippen LogP contribution in [0, 0.1) is 0 Å². The van der Waals surface area contributed by atoms with Gasteiger partial charge in [-0.15, -0.1) is 0 Å². The third-order valence-corrected chi connectivity index (χ3v) is 3.76. The van der Waals surface area contributed by atoms with E-state index in [4.69, 9.17) is 5.11 Å². The summed E-state index contributed by atoms with van der Waals surface area (Å²) in [4.78, 5) is 13.2. The Morgan fingerprint density at radius 3 is 2.65 bits per heavy atom. The summed E-state index contributed by atoms with van der Waals surface area (Å²) in [5, 5.41) is 12.3. The quantitative estimate of drug-likeness (QED) is 0.685. The molecule has 0 amide bonds. The average molecular weight is 243 g/mol. The van der Waals surface area contributed by atoms with Gasteiger partial charge in [-0.3, -0.25) is 0 Å². The SMILES string of the molecule is O=C(O)c1cccc2c1Nc1ccccc1S2. The minimum Gasteiger partial charge on any atom is -0.478 e. The molecule has 0 atom stereocenters. The van der Waals surface area contributed by atoms with E-state index in [0.717, 1.165) is 15.5 Å². The summed E-state index contributed by atoms with van der Waals surface area (Å²) >= 11 is 1.59. The first-order chi connectivity index (χ1) is 8.25. The molecule has 0 saturated heterocycles. The van der Waals surface area contributed by atoms with Gasteiger partial charge in [-0.1, -0.05) is 30.0 Å². The van der Waals surface area contributed by atoms with E-state index in [1.165, 1.54) is 0 Å². The molecule has 1 heterocycles. The summed E-state index contributed by atoms with van der Waals surface area (Å²) in [7, 11) is 0. The van der Waals surface area contributed by atoms with Crippen LogP contribution in [0.15, 0.2) is 52.3 Å². The fraction of sp³-hybridized carbons (Fsp3) is 0. The van der Waals surface area contributed by atoms with Gasteiger partial charge in [-0.25, -0.2) is 4.79 Å². The summed E-state index contributed by atoms with van der Waals surface area (Å²) in [6, 6.07) is 13.2. The zero-order valence-corrected chi connectivity index (χ0v) is 9.62. The van der Waals surface area contributed by atoms with Gasteiger partial charge in [0, 0.05) is 9.79 Å². The van der Waals surface area contributed by atoms with Crippen LogP contribution in [0.5, 0.6) is 0 Å². The van der Waals surface area contributed by atoms with Crippen molar-refractivity contribution >= 4 is 29.1 Å². The summed E-state index contributed by atoms with van der Waals surface area (Å²) in [6.07, 6.45) is 0. The van der Waals surface area contributed by atoms with Gasteiger partial charge >= 0.3 is 5.97 Å². The number of benzene rings is 2. The third kappa shape index (κ3) is 1.66. The lowest BCUT2D eigenvalue weighted by Gasteiger charge is -2.21. The van der Waals surface area contributed by atoms with Gasteiger partial charge in [0.1, 0.15) is 0 Å². The molecule has 0 spiro atoms. The van der Waals surface area contributed by atoms with Gasteiger partial charge in [-0.2, -0.15) is 0 Å². The highest BCUT2D eigenvalue weighted by atomic mass is 32.2. The van der Waals surface area contributed by atoms with Crippen molar-refractivity contribution in [3.8, 4) is 0 Å². The van der Waals surface area contributed by atoms with Crippen molar-refractivity contribution in [3.05, 3.63) is 48.0 Å². The van der Waals surface area contributed by atoms with E-state index < -0.39 is 5.97 Å². The van der Waals surface area contributed by atoms with Crippen molar-refractivity contribution in [2.24, 2.45) is 0 Å². The zero-order chi connectivity index (χ0) is 11.8. The smallest absolute Gasteiger partial charge is 0.337 e. The average Bonchev–Trinajstić information content (AvgIpc) is 2.35. The first kappa shape index (κ1) is 10.2. The number of carbonyl (C=O) groups is 1. The number of para-hydroxylation sites is 2. The van der Waals surface area contributed by atoms with Gasteiger partial charge < -0.3 is 10.4 Å². The lowest BCUT2D eigenvalue weighted by molar-refractivity contribution is 0.0698. The van der Waals surface area contributed by atoms with Crippen LogP contribution in [0.25, 0.3) is 0 Å². The lowest BCUT2D eigenvalue weighted by atomic mass is 10.1. The summed E-state index contributed by atoms with van der Waals surface area (Å²) in [6.45, 7) is 0. The van der Waals surface area contributed by atoms with Gasteiger partial charge in [0.15, 0.2) is 0 Å². The largest absolute Gasteiger partial charge is 0.478 e. The Hall–Kier alpha value is -1.94. The number of rotatable bonds is 1. The van der Waals surface area contributed by atoms with Crippen molar-refractivity contribution in [2.75, 3.05) is 5.32 Å². The van der Waals surface area contributed by atoms with Crippen molar-refractivity contribution in [1.29, 1.82) is 0 Å². The molecule has 2 aromatic rings. The van der Waals surface area contributed by atoms with Gasteiger partial charge in [-0.05, 0) is 24.3 Å². The molecule has 0 bridgehead atoms. The first-order valence-corrected chi connectivity index (χ1v) is 5.97. The number of hydrogen-bond acceptors (Lipinski definition) is 3. The molecular weight excluding hydrogens is 234 g/mol. The summed E-state index contributed by atoms with van der Waals surface area (Å²) in [5.74, 6) is -0.908. The first-order valence-electron chi connectivity index (χ1n) is 5.16. The Morgan fingerprint density at radius 2 is 1.82 bits per heavy atom. The second-order valence-electron chi connectivity index (χ2n) is 3.71. The number of nitrogens with one attached hydrogen (secondary N) is 1. The van der Waals surface area contributed by atoms with E-state index in [1.807, 2.05) is 30.3 Å². The van der Waals surface area contributed by atoms with Crippen molar-refractivity contribution in [1.82, 2.24) is 0 Å². The molecule has 1 aliphatic rings. The monoisotopic (exact) mass is 243 g/mol. The number of anilines is 2. The molecule has 2 aromatic carbocycles. The fourth-order valence-electron chi connectivity index (χ4n) is 1.84. The molecule has 0 radical (unpaired) electrons. The van der Waals surface area contributed by atoms with E-state index >= 15 is 0 Å². The second-order valence-corrected chi connectivity index (χ2v) is 4.79. The van der Waals surface area contributed by atoms with E-state index in [1.54, 1.807) is 23.9 Å². The number of carboxylic acid groups (broad SMARTS) is 1. The van der Waals surface area contributed by atoms with Crippen LogP contribution in [-0.2, 0) is 0 Å². The Labute approximate surface area is 102 Å². The molecule has 0 saturated carbocycles. The van der Waals surface area contributed by atoms with Crippen LogP contribution in [0.3, 0.4) is 0 Å². The van der Waals surface area contributed by atoms with Crippen LogP contribution < -0.4 is 5.32 Å². The predicted molar refractivity (Wildman–Crippen MR) is 67.2 cm³/mol. The molecule has 0 fully saturated rings. The minimum atomic E-state index is -0.908. The third-order valence-electron chi connectivity index (χ3n) is 2.62. The van der Waals surface area contributed by atoms with Crippen molar-refractivity contribution in [3.63, 3.8) is 0 Å². The number of carboxylic acids is 1. The second kappa shape index (κ2) is 3.82. The van der Waals surface area contributed by atoms with Crippen molar-refractivity contribution in [2.45, 2.75) is 9.79 Å². The predicted octanol–water partition coefficient (Wildman–Crippen LogP) is 3.59. The van der Waals surface area contributed by atoms with E-state index in [-0.39, 0.29) is 0 Å². The van der Waals surface area contributed by atoms with E-state index in [9.17, 15) is 4.79 Å². The minimum absolute atomic E-state index is 0.310. The van der Waals surface area contributed by atoms with Gasteiger partial charge in [0.25, 0.3) is 0 Å². The highest BCUT2D eigenvalue weighted by Gasteiger charge is 2.20. The van der Waals surface area contributed by atoms with Crippen LogP contribution in [0.2, 0.25) is 0 Å². The van der Waals surface area contributed by atoms with Gasteiger partial charge in [0.05, 0.1) is 16.9 Å². The summed E-state index contributed by atoms with van der Waals surface area (Å²) in [5.41, 5.74) is 1.95. The number of hydrogen-bond donors (Lipinski definition) is 2. The molecule has 4 heteroatoms. The van der Waals surface area contributed by atoms with E-state index in [2.05, 4.69) is 5.32 Å². The maximum absolute atomic E-state index is 11.1. The maximum Gasteiger partial charge on any atom is 0.337 e. The fourth-order valence-corrected chi connectivity index (χ4v) is 2.86. The number of aromatic carboxylic acids is 1. The van der Waals surface area contributed by atoms with Crippen LogP contribution in [0.1, 0.15) is 10.4 Å². The van der Waals surface area contributed by atoms with Gasteiger partial charge in [0.2, 0.25) is 0 Å². The highest BCUT2D eigenvalue weighted by molar-refractivity contribution is 7.99. The topological polar surface area (TPSA) is 49.3 Å². The molecule has 0 aliphatic carbocycles. The van der Waals surface area contributed by atoms with Crippen LogP contribution in [-0.4, -0.2) is 11.1 Å². The molecule has 17 heavy (non-hydrogen) atoms. The van der Waals surface area contributed by atoms with E-state index in [0.29, 0.717) is 11.3 Å². The Morgan fingerprint density at radius 1 is 1.06 bits per heavy atom. The molecule has 0 unspecified atom stereocenters. The normalized spacial score (nSPS) is 12.2. The molecule has 3 nitrogen and oxygen atoms in total. The summed E-state index contributed by atoms with van der Waals surface area (Å²) < 4.78 is 0. The Bertz CT molecular complexity index is 610. The maximum atomic E-state index is 11.1. The molecule has 0 aromatic heterocycles. The Balaban J connectivity index is 2.15. The lowest BCUT2D eigenvalue weighted by Crippen LogP contribution is -2.07. The molecule has 2 N–H and O–H groups in total. The van der Waals surface area contributed by atoms with Crippen molar-refractivity contribution < 1.29 is 9.90 Å².